The van der Waals surface area contributed by atoms with Gasteiger partial charge in [-0.05, 0) is 30.2 Å². The zero-order valence-corrected chi connectivity index (χ0v) is 12.3. The van der Waals surface area contributed by atoms with Gasteiger partial charge >= 0.3 is 0 Å². The van der Waals surface area contributed by atoms with Crippen molar-refractivity contribution in [1.82, 2.24) is 25.5 Å². The van der Waals surface area contributed by atoms with Gasteiger partial charge in [-0.15, -0.1) is 11.7 Å². The van der Waals surface area contributed by atoms with Crippen molar-refractivity contribution in [2.45, 2.75) is 42.8 Å². The highest BCUT2D eigenvalue weighted by Crippen LogP contribution is 2.22. The number of thioether (sulfide) groups is 1. The Morgan fingerprint density at radius 1 is 1.75 bits per heavy atom. The van der Waals surface area contributed by atoms with Crippen molar-refractivity contribution in [2.75, 3.05) is 13.2 Å². The highest BCUT2D eigenvalue weighted by Gasteiger charge is 2.21. The molecule has 1 saturated heterocycles. The van der Waals surface area contributed by atoms with Crippen molar-refractivity contribution in [3.05, 3.63) is 12.7 Å². The largest absolute Gasteiger partial charge is 0.376 e. The van der Waals surface area contributed by atoms with E-state index < -0.39 is 0 Å². The number of nitrogens with one attached hydrogen (secondary N) is 1. The summed E-state index contributed by atoms with van der Waals surface area (Å²) in [5.41, 5.74) is 0. The normalized spacial score (nSPS) is 19.8. The van der Waals surface area contributed by atoms with Crippen LogP contribution in [-0.2, 0) is 16.1 Å². The number of tetrazole rings is 1. The molecule has 1 amide bonds. The van der Waals surface area contributed by atoms with Gasteiger partial charge in [0.25, 0.3) is 0 Å². The molecule has 2 atom stereocenters. The predicted octanol–water partition coefficient (Wildman–Crippen LogP) is 0.635. The lowest BCUT2D eigenvalue weighted by Gasteiger charge is -2.12. The Kier molecular flexibility index (Phi) is 5.54. The average Bonchev–Trinajstić information content (AvgIpc) is 3.09. The fourth-order valence-electron chi connectivity index (χ4n) is 1.90. The van der Waals surface area contributed by atoms with Crippen molar-refractivity contribution in [3.8, 4) is 0 Å². The molecule has 0 saturated carbocycles. The monoisotopic (exact) mass is 297 g/mol. The summed E-state index contributed by atoms with van der Waals surface area (Å²) in [6.07, 6.45) is 3.92. The van der Waals surface area contributed by atoms with Crippen LogP contribution in [0.15, 0.2) is 17.8 Å². The van der Waals surface area contributed by atoms with E-state index in [1.807, 2.05) is 6.92 Å². The van der Waals surface area contributed by atoms with E-state index >= 15 is 0 Å². The molecule has 110 valence electrons. The van der Waals surface area contributed by atoms with Gasteiger partial charge in [0.15, 0.2) is 0 Å². The summed E-state index contributed by atoms with van der Waals surface area (Å²) >= 11 is 1.34. The van der Waals surface area contributed by atoms with Crippen molar-refractivity contribution >= 4 is 17.7 Å². The molecule has 0 spiro atoms. The molecule has 2 unspecified atom stereocenters. The Hall–Kier alpha value is -1.41. The molecular formula is C12H19N5O2S. The maximum Gasteiger partial charge on any atom is 0.233 e. The lowest BCUT2D eigenvalue weighted by Crippen LogP contribution is -2.31. The van der Waals surface area contributed by atoms with Crippen LogP contribution in [0.5, 0.6) is 0 Å². The molecule has 1 N–H and O–H groups in total. The van der Waals surface area contributed by atoms with E-state index in [4.69, 9.17) is 4.74 Å². The van der Waals surface area contributed by atoms with Crippen LogP contribution in [0.3, 0.4) is 0 Å². The number of hydrogen-bond donors (Lipinski definition) is 1. The van der Waals surface area contributed by atoms with E-state index in [9.17, 15) is 4.79 Å². The number of carbonyl (C=O) groups is 1. The van der Waals surface area contributed by atoms with Crippen LogP contribution in [0, 0.1) is 0 Å². The van der Waals surface area contributed by atoms with Crippen LogP contribution in [0.25, 0.3) is 0 Å². The third-order valence-corrected chi connectivity index (χ3v) is 4.04. The standard InChI is InChI=1S/C12H19N5O2S/c1-3-6-13-11(18)9(2)20-12-14-15-16-17(12)8-10-5-4-7-19-10/h3,9-10H,1,4-8H2,2H3,(H,13,18). The van der Waals surface area contributed by atoms with Crippen LogP contribution in [0.2, 0.25) is 0 Å². The first-order chi connectivity index (χ1) is 9.70. The van der Waals surface area contributed by atoms with Crippen LogP contribution in [0.1, 0.15) is 19.8 Å². The summed E-state index contributed by atoms with van der Waals surface area (Å²) in [5.74, 6) is -0.0541. The molecular weight excluding hydrogens is 278 g/mol. The lowest BCUT2D eigenvalue weighted by molar-refractivity contribution is -0.120. The third kappa shape index (κ3) is 4.04. The lowest BCUT2D eigenvalue weighted by atomic mass is 10.2. The molecule has 20 heavy (non-hydrogen) atoms. The Morgan fingerprint density at radius 3 is 3.30 bits per heavy atom. The average molecular weight is 297 g/mol. The summed E-state index contributed by atoms with van der Waals surface area (Å²) in [4.78, 5) is 11.8. The molecule has 1 aliphatic heterocycles. The second-order valence-electron chi connectivity index (χ2n) is 4.57. The molecule has 1 aliphatic rings. The number of hydrogen-bond acceptors (Lipinski definition) is 6. The van der Waals surface area contributed by atoms with Crippen molar-refractivity contribution in [3.63, 3.8) is 0 Å². The number of amides is 1. The minimum Gasteiger partial charge on any atom is -0.376 e. The molecule has 0 aromatic carbocycles. The predicted molar refractivity (Wildman–Crippen MR) is 75.3 cm³/mol. The van der Waals surface area contributed by atoms with Crippen molar-refractivity contribution < 1.29 is 9.53 Å². The summed E-state index contributed by atoms with van der Waals surface area (Å²) in [6, 6.07) is 0. The zero-order chi connectivity index (χ0) is 14.4. The number of aromatic nitrogens is 4. The number of rotatable bonds is 7. The van der Waals surface area contributed by atoms with Crippen LogP contribution in [0.4, 0.5) is 0 Å². The van der Waals surface area contributed by atoms with E-state index in [0.717, 1.165) is 19.4 Å². The quantitative estimate of drug-likeness (QED) is 0.587. The van der Waals surface area contributed by atoms with Gasteiger partial charge in [-0.1, -0.05) is 17.8 Å². The summed E-state index contributed by atoms with van der Waals surface area (Å²) in [6.45, 7) is 7.29. The second kappa shape index (κ2) is 7.39. The van der Waals surface area contributed by atoms with E-state index in [0.29, 0.717) is 18.2 Å². The first-order valence-corrected chi connectivity index (χ1v) is 7.51. The first-order valence-electron chi connectivity index (χ1n) is 6.63. The highest BCUT2D eigenvalue weighted by atomic mass is 32.2. The summed E-state index contributed by atoms with van der Waals surface area (Å²) < 4.78 is 7.28. The van der Waals surface area contributed by atoms with Gasteiger partial charge in [0.1, 0.15) is 0 Å². The van der Waals surface area contributed by atoms with Gasteiger partial charge in [0, 0.05) is 13.2 Å². The summed E-state index contributed by atoms with van der Waals surface area (Å²) in [7, 11) is 0. The molecule has 2 rings (SSSR count). The second-order valence-corrected chi connectivity index (χ2v) is 5.88. The Labute approximate surface area is 122 Å². The molecule has 0 radical (unpaired) electrons. The van der Waals surface area contributed by atoms with Crippen molar-refractivity contribution in [2.24, 2.45) is 0 Å². The van der Waals surface area contributed by atoms with E-state index in [-0.39, 0.29) is 17.3 Å². The minimum absolute atomic E-state index is 0.0541. The zero-order valence-electron chi connectivity index (χ0n) is 11.5. The first kappa shape index (κ1) is 15.0. The Bertz CT molecular complexity index is 458. The van der Waals surface area contributed by atoms with Gasteiger partial charge in [-0.2, -0.15) is 0 Å². The molecule has 1 fully saturated rings. The number of nitrogens with zero attached hydrogens (tertiary/aromatic N) is 4. The highest BCUT2D eigenvalue weighted by molar-refractivity contribution is 8.00. The topological polar surface area (TPSA) is 81.9 Å². The van der Waals surface area contributed by atoms with Crippen LogP contribution < -0.4 is 5.32 Å². The fraction of sp³-hybridized carbons (Fsp3) is 0.667. The number of carbonyl (C=O) groups excluding carboxylic acids is 1. The maximum atomic E-state index is 11.8. The molecule has 1 aromatic rings. The number of ether oxygens (including phenoxy) is 1. The van der Waals surface area contributed by atoms with Gasteiger partial charge in [0.2, 0.25) is 11.1 Å². The van der Waals surface area contributed by atoms with E-state index in [1.165, 1.54) is 11.8 Å². The third-order valence-electron chi connectivity index (χ3n) is 2.97. The minimum atomic E-state index is -0.260. The molecule has 7 nitrogen and oxygen atoms in total. The maximum absolute atomic E-state index is 11.8. The molecule has 8 heteroatoms. The molecule has 0 aliphatic carbocycles. The van der Waals surface area contributed by atoms with Gasteiger partial charge < -0.3 is 10.1 Å². The SMILES string of the molecule is C=CCNC(=O)C(C)Sc1nnnn1CC1CCCO1. The van der Waals surface area contributed by atoms with Gasteiger partial charge in [-0.25, -0.2) is 4.68 Å². The van der Waals surface area contributed by atoms with Crippen molar-refractivity contribution in [1.29, 1.82) is 0 Å². The van der Waals surface area contributed by atoms with Crippen LogP contribution in [-0.4, -0.2) is 50.6 Å². The van der Waals surface area contributed by atoms with Gasteiger partial charge in [-0.3, -0.25) is 4.79 Å². The fourth-order valence-corrected chi connectivity index (χ4v) is 2.73. The molecule has 2 heterocycles. The smallest absolute Gasteiger partial charge is 0.233 e. The molecule has 0 bridgehead atoms. The van der Waals surface area contributed by atoms with Gasteiger partial charge in [0.05, 0.1) is 17.9 Å². The van der Waals surface area contributed by atoms with E-state index in [1.54, 1.807) is 10.8 Å². The Morgan fingerprint density at radius 2 is 2.60 bits per heavy atom. The summed E-state index contributed by atoms with van der Waals surface area (Å²) in [5, 5.41) is 14.7. The molecule has 1 aromatic heterocycles. The van der Waals surface area contributed by atoms with Crippen LogP contribution >= 0.6 is 11.8 Å². The van der Waals surface area contributed by atoms with E-state index in [2.05, 4.69) is 27.4 Å². The Balaban J connectivity index is 1.90.